The van der Waals surface area contributed by atoms with E-state index in [1.54, 1.807) is 7.11 Å². The van der Waals surface area contributed by atoms with E-state index in [9.17, 15) is 4.79 Å². The Morgan fingerprint density at radius 2 is 1.78 bits per heavy atom. The SMILES string of the molecule is COc1ccc(Cc2cc(C3CCN(C(=O)NCc4ccccc4)CC3)nc(N)n2)cc1. The smallest absolute Gasteiger partial charge is 0.317 e. The summed E-state index contributed by atoms with van der Waals surface area (Å²) < 4.78 is 5.22. The molecule has 1 aromatic heterocycles. The number of piperidine rings is 1. The lowest BCUT2D eigenvalue weighted by Gasteiger charge is -2.32. The van der Waals surface area contributed by atoms with Crippen LogP contribution >= 0.6 is 0 Å². The maximum Gasteiger partial charge on any atom is 0.317 e. The number of nitrogens with one attached hydrogen (secondary N) is 1. The predicted molar refractivity (Wildman–Crippen MR) is 124 cm³/mol. The largest absolute Gasteiger partial charge is 0.497 e. The first-order valence-electron chi connectivity index (χ1n) is 10.9. The minimum absolute atomic E-state index is 0.0188. The highest BCUT2D eigenvalue weighted by Gasteiger charge is 2.25. The highest BCUT2D eigenvalue weighted by molar-refractivity contribution is 5.74. The molecule has 0 atom stereocenters. The van der Waals surface area contributed by atoms with Gasteiger partial charge in [-0.05, 0) is 42.2 Å². The van der Waals surface area contributed by atoms with Crippen molar-refractivity contribution in [1.82, 2.24) is 20.2 Å². The molecule has 0 spiro atoms. The third-order valence-electron chi connectivity index (χ3n) is 5.85. The van der Waals surface area contributed by atoms with Gasteiger partial charge in [0.15, 0.2) is 0 Å². The van der Waals surface area contributed by atoms with Gasteiger partial charge in [-0.3, -0.25) is 0 Å². The number of rotatable bonds is 6. The van der Waals surface area contributed by atoms with Crippen molar-refractivity contribution >= 4 is 12.0 Å². The number of anilines is 1. The van der Waals surface area contributed by atoms with E-state index in [2.05, 4.69) is 21.4 Å². The summed E-state index contributed by atoms with van der Waals surface area (Å²) in [5.74, 6) is 1.40. The highest BCUT2D eigenvalue weighted by atomic mass is 16.5. The van der Waals surface area contributed by atoms with Crippen molar-refractivity contribution in [1.29, 1.82) is 0 Å². The normalized spacial score (nSPS) is 14.2. The van der Waals surface area contributed by atoms with Gasteiger partial charge in [-0.25, -0.2) is 14.8 Å². The van der Waals surface area contributed by atoms with Crippen LogP contribution in [0.3, 0.4) is 0 Å². The van der Waals surface area contributed by atoms with E-state index in [-0.39, 0.29) is 11.9 Å². The summed E-state index contributed by atoms with van der Waals surface area (Å²) in [6.07, 6.45) is 2.40. The molecule has 2 amide bonds. The maximum atomic E-state index is 12.5. The Morgan fingerprint density at radius 3 is 2.47 bits per heavy atom. The predicted octanol–water partition coefficient (Wildman–Crippen LogP) is 3.75. The zero-order valence-electron chi connectivity index (χ0n) is 18.3. The van der Waals surface area contributed by atoms with E-state index in [4.69, 9.17) is 10.5 Å². The van der Waals surface area contributed by atoms with Crippen LogP contribution in [0.5, 0.6) is 5.75 Å². The highest BCUT2D eigenvalue weighted by Crippen LogP contribution is 2.28. The first-order chi connectivity index (χ1) is 15.6. The van der Waals surface area contributed by atoms with Crippen molar-refractivity contribution in [2.45, 2.75) is 31.7 Å². The fraction of sp³-hybridized carbons (Fsp3) is 0.320. The molecule has 166 valence electrons. The van der Waals surface area contributed by atoms with E-state index in [0.717, 1.165) is 41.1 Å². The van der Waals surface area contributed by atoms with Crippen LogP contribution in [-0.4, -0.2) is 41.1 Å². The molecule has 0 radical (unpaired) electrons. The van der Waals surface area contributed by atoms with Gasteiger partial charge in [-0.1, -0.05) is 42.5 Å². The summed E-state index contributed by atoms with van der Waals surface area (Å²) in [4.78, 5) is 23.3. The van der Waals surface area contributed by atoms with E-state index in [0.29, 0.717) is 32.0 Å². The van der Waals surface area contributed by atoms with E-state index in [1.165, 1.54) is 0 Å². The topological polar surface area (TPSA) is 93.4 Å². The van der Waals surface area contributed by atoms with Crippen LogP contribution < -0.4 is 15.8 Å². The minimum Gasteiger partial charge on any atom is -0.497 e. The standard InChI is InChI=1S/C25H29N5O2/c1-32-22-9-7-18(8-10-22)15-21-16-23(29-24(26)28-21)20-11-13-30(14-12-20)25(31)27-17-19-5-3-2-4-6-19/h2-10,16,20H,11-15,17H2,1H3,(H,27,31)(H2,26,28,29). The number of hydrogen-bond acceptors (Lipinski definition) is 5. The quantitative estimate of drug-likeness (QED) is 0.620. The molecule has 1 aliphatic heterocycles. The Hall–Kier alpha value is -3.61. The van der Waals surface area contributed by atoms with Crippen LogP contribution in [0.4, 0.5) is 10.7 Å². The lowest BCUT2D eigenvalue weighted by molar-refractivity contribution is 0.180. The van der Waals surface area contributed by atoms with Crippen molar-refractivity contribution < 1.29 is 9.53 Å². The first kappa shape index (κ1) is 21.6. The number of carbonyl (C=O) groups excluding carboxylic acids is 1. The fourth-order valence-corrected chi connectivity index (χ4v) is 4.06. The summed E-state index contributed by atoms with van der Waals surface area (Å²) in [6.45, 7) is 1.93. The van der Waals surface area contributed by atoms with Gasteiger partial charge >= 0.3 is 6.03 Å². The van der Waals surface area contributed by atoms with Crippen LogP contribution in [0.15, 0.2) is 60.7 Å². The number of amides is 2. The molecule has 0 bridgehead atoms. The molecule has 3 N–H and O–H groups in total. The van der Waals surface area contributed by atoms with Crippen LogP contribution in [0.25, 0.3) is 0 Å². The number of carbonyl (C=O) groups is 1. The average molecular weight is 432 g/mol. The van der Waals surface area contributed by atoms with Gasteiger partial charge in [-0.2, -0.15) is 0 Å². The van der Waals surface area contributed by atoms with E-state index >= 15 is 0 Å². The summed E-state index contributed by atoms with van der Waals surface area (Å²) in [7, 11) is 1.66. The molecule has 0 saturated carbocycles. The lowest BCUT2D eigenvalue weighted by Crippen LogP contribution is -2.43. The number of likely N-dealkylation sites (tertiary alicyclic amines) is 1. The molecule has 4 rings (SSSR count). The first-order valence-corrected chi connectivity index (χ1v) is 10.9. The van der Waals surface area contributed by atoms with E-state index in [1.807, 2.05) is 59.5 Å². The van der Waals surface area contributed by atoms with Gasteiger partial charge in [0.1, 0.15) is 5.75 Å². The molecule has 0 unspecified atom stereocenters. The number of nitrogen functional groups attached to an aromatic ring is 1. The number of benzene rings is 2. The number of aromatic nitrogens is 2. The third-order valence-corrected chi connectivity index (χ3v) is 5.85. The molecule has 7 heteroatoms. The Bertz CT molecular complexity index is 1030. The van der Waals surface area contributed by atoms with Crippen LogP contribution in [-0.2, 0) is 13.0 Å². The van der Waals surface area contributed by atoms with Gasteiger partial charge in [0.05, 0.1) is 12.8 Å². The molecule has 0 aliphatic carbocycles. The number of methoxy groups -OCH3 is 1. The summed E-state index contributed by atoms with van der Waals surface area (Å²) in [5, 5.41) is 3.01. The molecule has 2 aromatic carbocycles. The Kier molecular flexibility index (Phi) is 6.84. The zero-order chi connectivity index (χ0) is 22.3. The number of nitrogens with two attached hydrogens (primary N) is 1. The van der Waals surface area contributed by atoms with Crippen molar-refractivity contribution in [2.24, 2.45) is 0 Å². The van der Waals surface area contributed by atoms with Gasteiger partial charge in [-0.15, -0.1) is 0 Å². The van der Waals surface area contributed by atoms with Crippen LogP contribution in [0.2, 0.25) is 0 Å². The van der Waals surface area contributed by atoms with Crippen molar-refractivity contribution in [3.63, 3.8) is 0 Å². The summed E-state index contributed by atoms with van der Waals surface area (Å²) in [6, 6.07) is 19.9. The van der Waals surface area contributed by atoms with Crippen molar-refractivity contribution in [2.75, 3.05) is 25.9 Å². The van der Waals surface area contributed by atoms with Crippen molar-refractivity contribution in [3.8, 4) is 5.75 Å². The zero-order valence-corrected chi connectivity index (χ0v) is 18.3. The Balaban J connectivity index is 1.34. The number of hydrogen-bond donors (Lipinski definition) is 2. The molecule has 1 saturated heterocycles. The molecular formula is C25H29N5O2. The second-order valence-electron chi connectivity index (χ2n) is 8.07. The lowest BCUT2D eigenvalue weighted by atomic mass is 9.92. The van der Waals surface area contributed by atoms with Gasteiger partial charge in [0, 0.05) is 37.7 Å². The molecule has 32 heavy (non-hydrogen) atoms. The maximum absolute atomic E-state index is 12.5. The van der Waals surface area contributed by atoms with Crippen LogP contribution in [0.1, 0.15) is 41.3 Å². The molecular weight excluding hydrogens is 402 g/mol. The molecule has 7 nitrogen and oxygen atoms in total. The number of ether oxygens (including phenoxy) is 1. The van der Waals surface area contributed by atoms with Gasteiger partial charge < -0.3 is 20.7 Å². The second-order valence-corrected chi connectivity index (χ2v) is 8.07. The molecule has 1 aliphatic rings. The van der Waals surface area contributed by atoms with Crippen molar-refractivity contribution in [3.05, 3.63) is 83.2 Å². The summed E-state index contributed by atoms with van der Waals surface area (Å²) >= 11 is 0. The summed E-state index contributed by atoms with van der Waals surface area (Å²) in [5.41, 5.74) is 10.1. The second kappa shape index (κ2) is 10.1. The Labute approximate surface area is 188 Å². The van der Waals surface area contributed by atoms with E-state index < -0.39 is 0 Å². The monoisotopic (exact) mass is 431 g/mol. The van der Waals surface area contributed by atoms with Crippen LogP contribution in [0, 0.1) is 0 Å². The number of nitrogens with zero attached hydrogens (tertiary/aromatic N) is 3. The minimum atomic E-state index is -0.0188. The number of urea groups is 1. The molecule has 2 heterocycles. The fourth-order valence-electron chi connectivity index (χ4n) is 4.06. The van der Waals surface area contributed by atoms with Gasteiger partial charge in [0.25, 0.3) is 0 Å². The molecule has 1 fully saturated rings. The average Bonchev–Trinajstić information content (AvgIpc) is 2.83. The third kappa shape index (κ3) is 5.55. The molecule has 3 aromatic rings. The Morgan fingerprint density at radius 1 is 1.06 bits per heavy atom. The van der Waals surface area contributed by atoms with Gasteiger partial charge in [0.2, 0.25) is 5.95 Å².